The lowest BCUT2D eigenvalue weighted by molar-refractivity contribution is -0.131. The summed E-state index contributed by atoms with van der Waals surface area (Å²) in [6, 6.07) is 3.68. The molecule has 0 unspecified atom stereocenters. The standard InChI is InChI=1S/C14H15N3O4/c1-21-11-3-2-8-17-9-10(16-14(11)17)6-7-15-12(18)4-5-13(19)20/h2-5,8-9H,6-7H2,1H3,(H,15,18)(H,19,20)/b5-4+. The van der Waals surface area contributed by atoms with Crippen LogP contribution in [0.2, 0.25) is 0 Å². The number of pyridine rings is 1. The quantitative estimate of drug-likeness (QED) is 0.761. The molecule has 0 bridgehead atoms. The first kappa shape index (κ1) is 14.6. The second kappa shape index (κ2) is 6.56. The molecule has 2 heterocycles. The van der Waals surface area contributed by atoms with E-state index in [0.717, 1.165) is 17.8 Å². The average molecular weight is 289 g/mol. The van der Waals surface area contributed by atoms with Gasteiger partial charge >= 0.3 is 5.97 Å². The number of carbonyl (C=O) groups excluding carboxylic acids is 1. The van der Waals surface area contributed by atoms with Gasteiger partial charge in [0.1, 0.15) is 0 Å². The van der Waals surface area contributed by atoms with Crippen molar-refractivity contribution in [2.75, 3.05) is 13.7 Å². The molecule has 21 heavy (non-hydrogen) atoms. The molecule has 2 rings (SSSR count). The minimum Gasteiger partial charge on any atom is -0.493 e. The Morgan fingerprint density at radius 2 is 2.29 bits per heavy atom. The summed E-state index contributed by atoms with van der Waals surface area (Å²) in [4.78, 5) is 26.0. The lowest BCUT2D eigenvalue weighted by Crippen LogP contribution is -2.23. The second-order valence-electron chi connectivity index (χ2n) is 4.25. The Bertz CT molecular complexity index is 691. The number of ether oxygens (including phenoxy) is 1. The zero-order valence-electron chi connectivity index (χ0n) is 11.4. The molecule has 2 aromatic heterocycles. The van der Waals surface area contributed by atoms with E-state index < -0.39 is 11.9 Å². The summed E-state index contributed by atoms with van der Waals surface area (Å²) in [7, 11) is 1.58. The largest absolute Gasteiger partial charge is 0.493 e. The lowest BCUT2D eigenvalue weighted by atomic mass is 10.3. The van der Waals surface area contributed by atoms with Gasteiger partial charge in [-0.15, -0.1) is 0 Å². The minimum absolute atomic E-state index is 0.370. The Kier molecular flexibility index (Phi) is 4.55. The van der Waals surface area contributed by atoms with Crippen molar-refractivity contribution < 1.29 is 19.4 Å². The molecular weight excluding hydrogens is 274 g/mol. The van der Waals surface area contributed by atoms with Crippen molar-refractivity contribution in [1.29, 1.82) is 0 Å². The summed E-state index contributed by atoms with van der Waals surface area (Å²) < 4.78 is 7.07. The lowest BCUT2D eigenvalue weighted by Gasteiger charge is -2.00. The Balaban J connectivity index is 1.95. The van der Waals surface area contributed by atoms with Crippen molar-refractivity contribution in [1.82, 2.24) is 14.7 Å². The first-order valence-corrected chi connectivity index (χ1v) is 6.29. The number of imidazole rings is 1. The first-order valence-electron chi connectivity index (χ1n) is 6.29. The van der Waals surface area contributed by atoms with Gasteiger partial charge in [0.05, 0.1) is 12.8 Å². The van der Waals surface area contributed by atoms with Crippen molar-refractivity contribution in [2.24, 2.45) is 0 Å². The molecule has 0 saturated heterocycles. The van der Waals surface area contributed by atoms with Crippen molar-refractivity contribution in [2.45, 2.75) is 6.42 Å². The minimum atomic E-state index is -1.16. The summed E-state index contributed by atoms with van der Waals surface area (Å²) in [5.74, 6) is -0.923. The maximum Gasteiger partial charge on any atom is 0.328 e. The van der Waals surface area contributed by atoms with Crippen molar-refractivity contribution in [3.05, 3.63) is 42.4 Å². The van der Waals surface area contributed by atoms with Crippen molar-refractivity contribution in [3.8, 4) is 5.75 Å². The molecule has 2 N–H and O–H groups in total. The molecule has 0 aliphatic rings. The van der Waals surface area contributed by atoms with E-state index in [9.17, 15) is 9.59 Å². The van der Waals surface area contributed by atoms with E-state index in [4.69, 9.17) is 9.84 Å². The normalized spacial score (nSPS) is 10.9. The molecule has 7 nitrogen and oxygen atoms in total. The molecule has 0 fully saturated rings. The molecule has 0 aromatic carbocycles. The second-order valence-corrected chi connectivity index (χ2v) is 4.25. The Morgan fingerprint density at radius 3 is 3.00 bits per heavy atom. The highest BCUT2D eigenvalue weighted by Crippen LogP contribution is 2.18. The molecule has 0 aliphatic heterocycles. The number of rotatable bonds is 6. The van der Waals surface area contributed by atoms with Crippen LogP contribution in [0.15, 0.2) is 36.7 Å². The molecule has 0 atom stereocenters. The number of methoxy groups -OCH3 is 1. The predicted octanol–water partition coefficient (Wildman–Crippen LogP) is 0.642. The van der Waals surface area contributed by atoms with Crippen LogP contribution in [0.1, 0.15) is 5.69 Å². The number of hydrogen-bond acceptors (Lipinski definition) is 4. The van der Waals surface area contributed by atoms with E-state index in [-0.39, 0.29) is 0 Å². The fourth-order valence-corrected chi connectivity index (χ4v) is 1.84. The van der Waals surface area contributed by atoms with E-state index in [0.29, 0.717) is 24.4 Å². The van der Waals surface area contributed by atoms with E-state index in [1.54, 1.807) is 7.11 Å². The predicted molar refractivity (Wildman–Crippen MR) is 75.2 cm³/mol. The molecular formula is C14H15N3O4. The van der Waals surface area contributed by atoms with Gasteiger partial charge in [0.15, 0.2) is 11.4 Å². The van der Waals surface area contributed by atoms with Crippen LogP contribution in [0.25, 0.3) is 5.65 Å². The number of carboxylic acids is 1. The summed E-state index contributed by atoms with van der Waals surface area (Å²) in [6.45, 7) is 0.370. The number of carbonyl (C=O) groups is 2. The van der Waals surface area contributed by atoms with Gasteiger partial charge < -0.3 is 19.6 Å². The number of fused-ring (bicyclic) bond motifs is 1. The highest BCUT2D eigenvalue weighted by molar-refractivity contribution is 5.93. The summed E-state index contributed by atoms with van der Waals surface area (Å²) in [6.07, 6.45) is 6.04. The van der Waals surface area contributed by atoms with Crippen LogP contribution in [0.5, 0.6) is 5.75 Å². The number of hydrogen-bond donors (Lipinski definition) is 2. The molecule has 2 aromatic rings. The summed E-state index contributed by atoms with van der Waals surface area (Å²) >= 11 is 0. The van der Waals surface area contributed by atoms with Gasteiger partial charge in [-0.2, -0.15) is 0 Å². The van der Waals surface area contributed by atoms with Gasteiger partial charge in [0, 0.05) is 37.5 Å². The van der Waals surface area contributed by atoms with Gasteiger partial charge in [0.25, 0.3) is 0 Å². The Morgan fingerprint density at radius 1 is 1.48 bits per heavy atom. The smallest absolute Gasteiger partial charge is 0.328 e. The van der Waals surface area contributed by atoms with Gasteiger partial charge in [-0.05, 0) is 12.1 Å². The average Bonchev–Trinajstić information content (AvgIpc) is 2.87. The maximum atomic E-state index is 11.3. The van der Waals surface area contributed by atoms with Crippen LogP contribution in [0, 0.1) is 0 Å². The third-order valence-corrected chi connectivity index (χ3v) is 2.77. The number of nitrogens with zero attached hydrogens (tertiary/aromatic N) is 2. The van der Waals surface area contributed by atoms with Crippen LogP contribution in [0.3, 0.4) is 0 Å². The van der Waals surface area contributed by atoms with E-state index in [2.05, 4.69) is 10.3 Å². The molecule has 0 saturated carbocycles. The van der Waals surface area contributed by atoms with Gasteiger partial charge in [-0.1, -0.05) is 0 Å². The van der Waals surface area contributed by atoms with Crippen LogP contribution >= 0.6 is 0 Å². The zero-order valence-corrected chi connectivity index (χ0v) is 11.4. The third-order valence-electron chi connectivity index (χ3n) is 2.77. The fraction of sp³-hybridized carbons (Fsp3) is 0.214. The summed E-state index contributed by atoms with van der Waals surface area (Å²) in [5.41, 5.74) is 1.52. The first-order chi connectivity index (χ1) is 10.1. The van der Waals surface area contributed by atoms with E-state index >= 15 is 0 Å². The summed E-state index contributed by atoms with van der Waals surface area (Å²) in [5, 5.41) is 11.0. The van der Waals surface area contributed by atoms with Gasteiger partial charge in [0.2, 0.25) is 5.91 Å². The third kappa shape index (κ3) is 3.82. The zero-order chi connectivity index (χ0) is 15.2. The molecule has 110 valence electrons. The number of amides is 1. The highest BCUT2D eigenvalue weighted by Gasteiger charge is 2.06. The van der Waals surface area contributed by atoms with Gasteiger partial charge in [-0.3, -0.25) is 4.79 Å². The highest BCUT2D eigenvalue weighted by atomic mass is 16.5. The van der Waals surface area contributed by atoms with Gasteiger partial charge in [-0.25, -0.2) is 9.78 Å². The maximum absolute atomic E-state index is 11.3. The Labute approximate surface area is 120 Å². The number of carboxylic acid groups (broad SMARTS) is 1. The number of aromatic nitrogens is 2. The molecule has 1 amide bonds. The molecule has 0 aliphatic carbocycles. The topological polar surface area (TPSA) is 92.9 Å². The van der Waals surface area contributed by atoms with Crippen LogP contribution in [-0.4, -0.2) is 40.0 Å². The Hall–Kier alpha value is -2.83. The molecule has 0 spiro atoms. The number of aliphatic carboxylic acids is 1. The number of nitrogens with one attached hydrogen (secondary N) is 1. The van der Waals surface area contributed by atoms with Crippen LogP contribution in [0.4, 0.5) is 0 Å². The van der Waals surface area contributed by atoms with Crippen LogP contribution in [-0.2, 0) is 16.0 Å². The van der Waals surface area contributed by atoms with E-state index in [1.807, 2.05) is 28.9 Å². The van der Waals surface area contributed by atoms with Crippen LogP contribution < -0.4 is 10.1 Å². The SMILES string of the molecule is COc1cccn2cc(CCNC(=O)/C=C/C(=O)O)nc12. The molecule has 0 radical (unpaired) electrons. The van der Waals surface area contributed by atoms with Crippen molar-refractivity contribution >= 4 is 17.5 Å². The fourth-order valence-electron chi connectivity index (χ4n) is 1.84. The van der Waals surface area contributed by atoms with Crippen molar-refractivity contribution in [3.63, 3.8) is 0 Å². The molecule has 7 heteroatoms. The van der Waals surface area contributed by atoms with E-state index in [1.165, 1.54) is 0 Å². The monoisotopic (exact) mass is 289 g/mol.